The van der Waals surface area contributed by atoms with Crippen LogP contribution in [0, 0.1) is 0 Å². The van der Waals surface area contributed by atoms with Gasteiger partial charge in [-0.1, -0.05) is 23.9 Å². The van der Waals surface area contributed by atoms with Gasteiger partial charge in [0.25, 0.3) is 0 Å². The number of benzene rings is 1. The quantitative estimate of drug-likeness (QED) is 0.752. The van der Waals surface area contributed by atoms with Gasteiger partial charge in [-0.3, -0.25) is 9.59 Å². The molecule has 28 heavy (non-hydrogen) atoms. The van der Waals surface area contributed by atoms with E-state index in [2.05, 4.69) is 24.1 Å². The Kier molecular flexibility index (Phi) is 6.65. The van der Waals surface area contributed by atoms with Crippen LogP contribution in [0.3, 0.4) is 0 Å². The molecule has 2 amide bonds. The van der Waals surface area contributed by atoms with E-state index in [9.17, 15) is 9.59 Å². The molecule has 0 spiro atoms. The third kappa shape index (κ3) is 4.69. The van der Waals surface area contributed by atoms with Crippen LogP contribution in [0.25, 0.3) is 11.0 Å². The maximum absolute atomic E-state index is 13.2. The van der Waals surface area contributed by atoms with Crippen LogP contribution >= 0.6 is 11.8 Å². The van der Waals surface area contributed by atoms with Crippen molar-refractivity contribution in [2.45, 2.75) is 76.8 Å². The average Bonchev–Trinajstić information content (AvgIpc) is 2.97. The van der Waals surface area contributed by atoms with Crippen molar-refractivity contribution in [3.05, 3.63) is 24.3 Å². The van der Waals surface area contributed by atoms with E-state index in [1.807, 2.05) is 47.6 Å². The Morgan fingerprint density at radius 3 is 2.57 bits per heavy atom. The van der Waals surface area contributed by atoms with Gasteiger partial charge in [0.15, 0.2) is 5.16 Å². The molecule has 152 valence electrons. The first-order valence-electron chi connectivity index (χ1n) is 10.1. The summed E-state index contributed by atoms with van der Waals surface area (Å²) in [5.74, 6) is 0.381. The van der Waals surface area contributed by atoms with E-state index in [0.29, 0.717) is 5.16 Å². The highest BCUT2D eigenvalue weighted by molar-refractivity contribution is 7.99. The molecule has 1 aromatic carbocycles. The molecule has 1 aliphatic rings. The molecule has 0 unspecified atom stereocenters. The van der Waals surface area contributed by atoms with Gasteiger partial charge >= 0.3 is 0 Å². The van der Waals surface area contributed by atoms with Gasteiger partial charge in [-0.15, -0.1) is 0 Å². The first-order chi connectivity index (χ1) is 13.4. The van der Waals surface area contributed by atoms with Crippen LogP contribution in [0.1, 0.15) is 47.0 Å². The van der Waals surface area contributed by atoms with E-state index >= 15 is 0 Å². The smallest absolute Gasteiger partial charge is 0.243 e. The van der Waals surface area contributed by atoms with Crippen molar-refractivity contribution < 1.29 is 9.59 Å². The summed E-state index contributed by atoms with van der Waals surface area (Å²) in [6.45, 7) is 8.40. The number of nitrogens with one attached hydrogen (secondary N) is 1. The van der Waals surface area contributed by atoms with Crippen molar-refractivity contribution in [3.63, 3.8) is 0 Å². The molecule has 6 nitrogen and oxygen atoms in total. The summed E-state index contributed by atoms with van der Waals surface area (Å²) in [5, 5.41) is 3.61. The number of hydrogen-bond donors (Lipinski definition) is 1. The molecule has 0 aliphatic carbocycles. The number of likely N-dealkylation sites (tertiary alicyclic amines) is 1. The number of piperidine rings is 1. The zero-order valence-electron chi connectivity index (χ0n) is 17.1. The number of carbonyl (C=O) groups is 2. The molecule has 0 bridgehead atoms. The number of amides is 2. The Bertz CT molecular complexity index is 838. The van der Waals surface area contributed by atoms with Gasteiger partial charge in [-0.05, 0) is 59.1 Å². The van der Waals surface area contributed by atoms with E-state index in [1.54, 1.807) is 0 Å². The summed E-state index contributed by atoms with van der Waals surface area (Å²) in [6.07, 6.45) is 3.28. The minimum Gasteiger partial charge on any atom is -0.353 e. The van der Waals surface area contributed by atoms with Crippen molar-refractivity contribution >= 4 is 34.6 Å². The summed E-state index contributed by atoms with van der Waals surface area (Å²) in [6, 6.07) is 8.46. The molecule has 2 aromatic rings. The lowest BCUT2D eigenvalue weighted by Gasteiger charge is -2.39. The number of para-hydroxylation sites is 2. The van der Waals surface area contributed by atoms with Gasteiger partial charge in [0, 0.05) is 18.1 Å². The summed E-state index contributed by atoms with van der Waals surface area (Å²) < 4.78 is 1.96. The van der Waals surface area contributed by atoms with Gasteiger partial charge in [0.05, 0.1) is 16.8 Å². The Morgan fingerprint density at radius 1 is 1.21 bits per heavy atom. The van der Waals surface area contributed by atoms with Crippen molar-refractivity contribution in [1.29, 1.82) is 0 Å². The minimum absolute atomic E-state index is 0.0248. The van der Waals surface area contributed by atoms with Crippen LogP contribution in [0.2, 0.25) is 0 Å². The number of fused-ring (bicyclic) bond motifs is 1. The molecule has 1 saturated heterocycles. The van der Waals surface area contributed by atoms with E-state index in [0.717, 1.165) is 23.9 Å². The third-order valence-corrected chi connectivity index (χ3v) is 6.15. The highest BCUT2D eigenvalue weighted by atomic mass is 32.2. The SMILES string of the molecule is CC(C)NC(=O)CSc1nc2ccccc2n1CC(=O)N1[C@@H](C)CCC[C@@H]1C. The second-order valence-corrected chi connectivity index (χ2v) is 8.85. The average molecular weight is 403 g/mol. The Balaban J connectivity index is 1.82. The van der Waals surface area contributed by atoms with Gasteiger partial charge in [-0.25, -0.2) is 4.98 Å². The molecular weight excluding hydrogens is 372 g/mol. The summed E-state index contributed by atoms with van der Waals surface area (Å²) >= 11 is 1.38. The van der Waals surface area contributed by atoms with Gasteiger partial charge in [0.1, 0.15) is 6.54 Å². The number of hydrogen-bond acceptors (Lipinski definition) is 4. The number of nitrogens with zero attached hydrogens (tertiary/aromatic N) is 3. The molecule has 2 heterocycles. The topological polar surface area (TPSA) is 67.2 Å². The molecule has 1 aliphatic heterocycles. The zero-order chi connectivity index (χ0) is 20.3. The van der Waals surface area contributed by atoms with Crippen LogP contribution in [-0.4, -0.2) is 50.1 Å². The number of imidazole rings is 1. The van der Waals surface area contributed by atoms with Crippen LogP contribution in [0.5, 0.6) is 0 Å². The van der Waals surface area contributed by atoms with Gasteiger partial charge < -0.3 is 14.8 Å². The van der Waals surface area contributed by atoms with Crippen molar-refractivity contribution in [2.24, 2.45) is 0 Å². The predicted octanol–water partition coefficient (Wildman–Crippen LogP) is 3.44. The van der Waals surface area contributed by atoms with Crippen LogP contribution in [0.15, 0.2) is 29.4 Å². The molecule has 0 saturated carbocycles. The minimum atomic E-state index is -0.0248. The van der Waals surface area contributed by atoms with E-state index < -0.39 is 0 Å². The van der Waals surface area contributed by atoms with Gasteiger partial charge in [0.2, 0.25) is 11.8 Å². The van der Waals surface area contributed by atoms with Crippen LogP contribution in [0.4, 0.5) is 0 Å². The van der Waals surface area contributed by atoms with Crippen molar-refractivity contribution in [2.75, 3.05) is 5.75 Å². The molecule has 1 fully saturated rings. The monoisotopic (exact) mass is 402 g/mol. The molecule has 0 radical (unpaired) electrons. The molecule has 1 N–H and O–H groups in total. The normalized spacial score (nSPS) is 20.0. The largest absolute Gasteiger partial charge is 0.353 e. The highest BCUT2D eigenvalue weighted by Gasteiger charge is 2.29. The van der Waals surface area contributed by atoms with Crippen molar-refractivity contribution in [1.82, 2.24) is 19.8 Å². The predicted molar refractivity (Wildman–Crippen MR) is 113 cm³/mol. The van der Waals surface area contributed by atoms with Crippen LogP contribution in [-0.2, 0) is 16.1 Å². The Morgan fingerprint density at radius 2 is 1.89 bits per heavy atom. The Labute approximate surface area is 171 Å². The second-order valence-electron chi connectivity index (χ2n) is 7.91. The van der Waals surface area contributed by atoms with Gasteiger partial charge in [-0.2, -0.15) is 0 Å². The van der Waals surface area contributed by atoms with E-state index in [1.165, 1.54) is 18.2 Å². The third-order valence-electron chi connectivity index (χ3n) is 5.18. The zero-order valence-corrected chi connectivity index (χ0v) is 18.0. The number of carbonyl (C=O) groups excluding carboxylic acids is 2. The maximum atomic E-state index is 13.2. The first-order valence-corrected chi connectivity index (χ1v) is 11.0. The van der Waals surface area contributed by atoms with E-state index in [-0.39, 0.29) is 42.2 Å². The lowest BCUT2D eigenvalue weighted by molar-refractivity contribution is -0.138. The highest BCUT2D eigenvalue weighted by Crippen LogP contribution is 2.27. The fraction of sp³-hybridized carbons (Fsp3) is 0.571. The first kappa shape index (κ1) is 20.7. The summed E-state index contributed by atoms with van der Waals surface area (Å²) in [4.78, 5) is 31.9. The maximum Gasteiger partial charge on any atom is 0.243 e. The van der Waals surface area contributed by atoms with Crippen molar-refractivity contribution in [3.8, 4) is 0 Å². The molecular formula is C21H30N4O2S. The fourth-order valence-electron chi connectivity index (χ4n) is 3.94. The summed E-state index contributed by atoms with van der Waals surface area (Å²) in [5.41, 5.74) is 1.78. The Hall–Kier alpha value is -2.02. The fourth-order valence-corrected chi connectivity index (χ4v) is 4.77. The molecule has 1 aromatic heterocycles. The number of rotatable bonds is 6. The lowest BCUT2D eigenvalue weighted by atomic mass is 9.97. The standard InChI is InChI=1S/C21H30N4O2S/c1-14(2)22-19(26)13-28-21-23-17-10-5-6-11-18(17)24(21)12-20(27)25-15(3)8-7-9-16(25)4/h5-6,10-11,14-16H,7-9,12-13H2,1-4H3,(H,22,26)/t15-,16-/m0/s1. The summed E-state index contributed by atoms with van der Waals surface area (Å²) in [7, 11) is 0. The van der Waals surface area contributed by atoms with E-state index in [4.69, 9.17) is 0 Å². The molecule has 7 heteroatoms. The number of aromatic nitrogens is 2. The lowest BCUT2D eigenvalue weighted by Crippen LogP contribution is -2.48. The van der Waals surface area contributed by atoms with Crippen LogP contribution < -0.4 is 5.32 Å². The molecule has 2 atom stereocenters. The molecule has 3 rings (SSSR count). The second kappa shape index (κ2) is 8.99. The number of thioether (sulfide) groups is 1.